The molecule has 46 heavy (non-hydrogen) atoms. The van der Waals surface area contributed by atoms with Crippen LogP contribution in [0.5, 0.6) is 0 Å². The van der Waals surface area contributed by atoms with Gasteiger partial charge in [0.2, 0.25) is 29.5 Å². The van der Waals surface area contributed by atoms with Gasteiger partial charge in [0.15, 0.2) is 5.96 Å². The van der Waals surface area contributed by atoms with Gasteiger partial charge in [0, 0.05) is 13.0 Å². The number of guanidine groups is 1. The van der Waals surface area contributed by atoms with Crippen LogP contribution < -0.4 is 44.2 Å². The zero-order chi connectivity index (χ0) is 35.0. The fraction of sp³-hybridized carbons (Fsp3) is 0.613. The van der Waals surface area contributed by atoms with Crippen LogP contribution in [0.15, 0.2) is 35.3 Å². The largest absolute Gasteiger partial charge is 0.391 e. The van der Waals surface area contributed by atoms with Crippen LogP contribution in [-0.2, 0) is 30.4 Å². The Balaban J connectivity index is 3.19. The number of aliphatic hydroxyl groups excluding tert-OH is 1. The highest BCUT2D eigenvalue weighted by molar-refractivity contribution is 5.96. The highest BCUT2D eigenvalue weighted by atomic mass is 16.3. The van der Waals surface area contributed by atoms with E-state index in [9.17, 15) is 29.1 Å². The summed E-state index contributed by atoms with van der Waals surface area (Å²) in [6.45, 7) is 9.04. The van der Waals surface area contributed by atoms with Crippen LogP contribution in [-0.4, -0.2) is 83.5 Å². The van der Waals surface area contributed by atoms with Gasteiger partial charge in [-0.1, -0.05) is 58.0 Å². The Kier molecular flexibility index (Phi) is 17.3. The molecule has 258 valence electrons. The summed E-state index contributed by atoms with van der Waals surface area (Å²) in [5.41, 5.74) is 22.8. The Morgan fingerprint density at radius 1 is 0.739 bits per heavy atom. The molecule has 15 nitrogen and oxygen atoms in total. The zero-order valence-electron chi connectivity index (χ0n) is 27.5. The number of aliphatic hydroxyl groups is 1. The van der Waals surface area contributed by atoms with Crippen molar-refractivity contribution in [3.8, 4) is 0 Å². The van der Waals surface area contributed by atoms with Crippen molar-refractivity contribution in [1.29, 1.82) is 0 Å². The van der Waals surface area contributed by atoms with Crippen molar-refractivity contribution in [1.82, 2.24) is 21.3 Å². The SMILES string of the molecule is CC(C)C[C@H](NC(=O)[C@H](Cc1ccccc1)NC(=O)[C@@H](N)CCCN=C(N)N)C(=O)N[C@@H](CC(C)C)C(=O)N[C@H](C(N)=O)[C@@H](C)O. The number of rotatable bonds is 20. The van der Waals surface area contributed by atoms with Crippen LogP contribution in [0.2, 0.25) is 0 Å². The van der Waals surface area contributed by atoms with Gasteiger partial charge in [-0.2, -0.15) is 0 Å². The summed E-state index contributed by atoms with van der Waals surface area (Å²) >= 11 is 0. The van der Waals surface area contributed by atoms with E-state index in [-0.39, 0.29) is 43.5 Å². The first-order valence-electron chi connectivity index (χ1n) is 15.5. The zero-order valence-corrected chi connectivity index (χ0v) is 27.5. The highest BCUT2D eigenvalue weighted by Crippen LogP contribution is 2.11. The summed E-state index contributed by atoms with van der Waals surface area (Å²) < 4.78 is 0. The number of nitrogens with one attached hydrogen (secondary N) is 4. The smallest absolute Gasteiger partial charge is 0.243 e. The maximum absolute atomic E-state index is 13.7. The van der Waals surface area contributed by atoms with Crippen LogP contribution in [0.25, 0.3) is 0 Å². The molecule has 15 heteroatoms. The molecule has 13 N–H and O–H groups in total. The number of benzene rings is 1. The summed E-state index contributed by atoms with van der Waals surface area (Å²) in [6.07, 6.45) is 0.0160. The lowest BCUT2D eigenvalue weighted by atomic mass is 9.98. The summed E-state index contributed by atoms with van der Waals surface area (Å²) in [6, 6.07) is 3.53. The quantitative estimate of drug-likeness (QED) is 0.0452. The summed E-state index contributed by atoms with van der Waals surface area (Å²) in [7, 11) is 0. The maximum atomic E-state index is 13.7. The Bertz CT molecular complexity index is 1170. The second kappa shape index (κ2) is 20.0. The van der Waals surface area contributed by atoms with E-state index in [0.29, 0.717) is 13.0 Å². The molecule has 0 spiro atoms. The normalized spacial score (nSPS) is 15.1. The van der Waals surface area contributed by atoms with Crippen molar-refractivity contribution < 1.29 is 29.1 Å². The molecule has 0 saturated carbocycles. The first-order valence-corrected chi connectivity index (χ1v) is 15.5. The monoisotopic (exact) mass is 647 g/mol. The maximum Gasteiger partial charge on any atom is 0.243 e. The molecular formula is C31H53N9O6. The molecule has 0 unspecified atom stereocenters. The number of carbonyl (C=O) groups is 5. The van der Waals surface area contributed by atoms with Gasteiger partial charge in [0.05, 0.1) is 12.1 Å². The van der Waals surface area contributed by atoms with Crippen molar-refractivity contribution in [3.63, 3.8) is 0 Å². The van der Waals surface area contributed by atoms with Gasteiger partial charge in [-0.25, -0.2) is 0 Å². The minimum atomic E-state index is -1.36. The third kappa shape index (κ3) is 15.2. The van der Waals surface area contributed by atoms with Gasteiger partial charge in [-0.15, -0.1) is 0 Å². The molecule has 0 aromatic heterocycles. The van der Waals surface area contributed by atoms with Crippen molar-refractivity contribution in [2.75, 3.05) is 6.54 Å². The van der Waals surface area contributed by atoms with Gasteiger partial charge in [0.1, 0.15) is 24.2 Å². The first kappa shape index (κ1) is 39.8. The average Bonchev–Trinajstić information content (AvgIpc) is 2.96. The van der Waals surface area contributed by atoms with Crippen LogP contribution in [0, 0.1) is 11.8 Å². The number of carbonyl (C=O) groups excluding carboxylic acids is 5. The molecule has 0 bridgehead atoms. The van der Waals surface area contributed by atoms with E-state index < -0.39 is 65.8 Å². The van der Waals surface area contributed by atoms with E-state index in [1.165, 1.54) is 6.92 Å². The fourth-order valence-corrected chi connectivity index (χ4v) is 4.62. The summed E-state index contributed by atoms with van der Waals surface area (Å²) in [5.74, 6) is -3.57. The molecule has 5 amide bonds. The molecule has 6 atom stereocenters. The minimum absolute atomic E-state index is 0.0382. The standard InChI is InChI=1S/C31H53N9O6/c1-17(2)14-22(28(44)39-23(15-18(3)4)30(46)40-25(19(5)41)26(33)42)38-29(45)24(16-20-10-7-6-8-11-20)37-27(43)21(32)12-9-13-36-31(34)35/h6-8,10-11,17-19,21-25,41H,9,12-16,32H2,1-5H3,(H2,33,42)(H,37,43)(H,38,45)(H,39,44)(H,40,46)(H4,34,35,36)/t19-,21+,22+,23+,24+,25+/m1/s1. The molecule has 1 rings (SSSR count). The van der Waals surface area contributed by atoms with Crippen molar-refractivity contribution in [2.45, 2.75) is 103 Å². The van der Waals surface area contributed by atoms with Crippen molar-refractivity contribution >= 4 is 35.5 Å². The molecular weight excluding hydrogens is 594 g/mol. The average molecular weight is 648 g/mol. The molecule has 0 heterocycles. The number of aliphatic imine (C=N–C) groups is 1. The molecule has 0 fully saturated rings. The number of primary amides is 1. The Morgan fingerprint density at radius 2 is 1.22 bits per heavy atom. The fourth-order valence-electron chi connectivity index (χ4n) is 4.62. The van der Waals surface area contributed by atoms with Gasteiger partial charge < -0.3 is 49.3 Å². The van der Waals surface area contributed by atoms with Crippen LogP contribution in [0.1, 0.15) is 65.9 Å². The summed E-state index contributed by atoms with van der Waals surface area (Å²) in [4.78, 5) is 69.0. The van der Waals surface area contributed by atoms with E-state index in [1.807, 2.05) is 45.9 Å². The molecule has 0 aliphatic rings. The second-order valence-corrected chi connectivity index (χ2v) is 12.3. The number of nitrogens with zero attached hydrogens (tertiary/aromatic N) is 1. The lowest BCUT2D eigenvalue weighted by Crippen LogP contribution is -2.60. The second-order valence-electron chi connectivity index (χ2n) is 12.3. The predicted octanol–water partition coefficient (Wildman–Crippen LogP) is -1.49. The Labute approximate surface area is 271 Å². The molecule has 0 aliphatic carbocycles. The van der Waals surface area contributed by atoms with Crippen LogP contribution >= 0.6 is 0 Å². The molecule has 1 aromatic rings. The lowest BCUT2D eigenvalue weighted by molar-refractivity contribution is -0.135. The van der Waals surface area contributed by atoms with E-state index in [2.05, 4.69) is 26.3 Å². The molecule has 1 aromatic carbocycles. The van der Waals surface area contributed by atoms with Gasteiger partial charge in [0.25, 0.3) is 0 Å². The molecule has 0 aliphatic heterocycles. The van der Waals surface area contributed by atoms with Gasteiger partial charge in [-0.3, -0.25) is 29.0 Å². The number of hydrogen-bond donors (Lipinski definition) is 9. The number of nitrogens with two attached hydrogens (primary N) is 4. The third-order valence-corrected chi connectivity index (χ3v) is 6.99. The van der Waals surface area contributed by atoms with E-state index >= 15 is 0 Å². The third-order valence-electron chi connectivity index (χ3n) is 6.99. The Hall–Kier alpha value is -4.24. The first-order chi connectivity index (χ1) is 21.5. The topological polar surface area (TPSA) is 270 Å². The predicted molar refractivity (Wildman–Crippen MR) is 176 cm³/mol. The van der Waals surface area contributed by atoms with E-state index in [1.54, 1.807) is 12.1 Å². The van der Waals surface area contributed by atoms with Crippen molar-refractivity contribution in [3.05, 3.63) is 35.9 Å². The molecule has 0 saturated heterocycles. The number of hydrogen-bond acceptors (Lipinski definition) is 8. The number of amides is 5. The van der Waals surface area contributed by atoms with Gasteiger partial charge >= 0.3 is 0 Å². The van der Waals surface area contributed by atoms with Crippen LogP contribution in [0.4, 0.5) is 0 Å². The highest BCUT2D eigenvalue weighted by Gasteiger charge is 2.33. The Morgan fingerprint density at radius 3 is 1.67 bits per heavy atom. The van der Waals surface area contributed by atoms with E-state index in [0.717, 1.165) is 5.56 Å². The van der Waals surface area contributed by atoms with Crippen molar-refractivity contribution in [2.24, 2.45) is 39.8 Å². The minimum Gasteiger partial charge on any atom is -0.391 e. The van der Waals surface area contributed by atoms with E-state index in [4.69, 9.17) is 22.9 Å². The summed E-state index contributed by atoms with van der Waals surface area (Å²) in [5, 5.41) is 20.5. The van der Waals surface area contributed by atoms with Crippen LogP contribution in [0.3, 0.4) is 0 Å². The lowest BCUT2D eigenvalue weighted by Gasteiger charge is -2.28. The molecule has 0 radical (unpaired) electrons. The van der Waals surface area contributed by atoms with Gasteiger partial charge in [-0.05, 0) is 50.0 Å².